The Morgan fingerprint density at radius 1 is 1.24 bits per heavy atom. The number of halogens is 1. The van der Waals surface area contributed by atoms with Crippen molar-refractivity contribution in [1.29, 1.82) is 5.26 Å². The van der Waals surface area contributed by atoms with E-state index in [0.29, 0.717) is 12.1 Å². The molecule has 104 valence electrons. The summed E-state index contributed by atoms with van der Waals surface area (Å²) < 4.78 is 0.941. The van der Waals surface area contributed by atoms with Crippen LogP contribution in [0.3, 0.4) is 0 Å². The Labute approximate surface area is 132 Å². The van der Waals surface area contributed by atoms with E-state index in [4.69, 9.17) is 5.26 Å². The highest BCUT2D eigenvalue weighted by molar-refractivity contribution is 9.10. The second-order valence-corrected chi connectivity index (χ2v) is 5.24. The predicted octanol–water partition coefficient (Wildman–Crippen LogP) is 3.65. The molecule has 0 saturated heterocycles. The molecule has 0 unspecified atom stereocenters. The molecule has 0 saturated carbocycles. The van der Waals surface area contributed by atoms with Crippen LogP contribution in [-0.2, 0) is 11.3 Å². The van der Waals surface area contributed by atoms with Gasteiger partial charge in [-0.15, -0.1) is 0 Å². The van der Waals surface area contributed by atoms with E-state index in [0.717, 1.165) is 15.6 Å². The van der Waals surface area contributed by atoms with Crippen LogP contribution in [0.5, 0.6) is 0 Å². The zero-order valence-electron chi connectivity index (χ0n) is 11.2. The van der Waals surface area contributed by atoms with Crippen LogP contribution in [-0.4, -0.2) is 5.91 Å². The SMILES string of the molecule is N#Cc1cccc(CNC(=O)/C=C/c2ccccc2Br)c1. The van der Waals surface area contributed by atoms with Crippen LogP contribution >= 0.6 is 15.9 Å². The fraction of sp³-hybridized carbons (Fsp3) is 0.0588. The first-order chi connectivity index (χ1) is 10.2. The molecule has 0 radical (unpaired) electrons. The van der Waals surface area contributed by atoms with Gasteiger partial charge in [-0.25, -0.2) is 0 Å². The van der Waals surface area contributed by atoms with Crippen molar-refractivity contribution in [2.75, 3.05) is 0 Å². The highest BCUT2D eigenvalue weighted by Crippen LogP contribution is 2.16. The lowest BCUT2D eigenvalue weighted by atomic mass is 10.1. The van der Waals surface area contributed by atoms with Gasteiger partial charge in [-0.2, -0.15) is 5.26 Å². The molecule has 21 heavy (non-hydrogen) atoms. The zero-order chi connectivity index (χ0) is 15.1. The maximum atomic E-state index is 11.8. The maximum absolute atomic E-state index is 11.8. The molecule has 3 nitrogen and oxygen atoms in total. The molecule has 0 heterocycles. The van der Waals surface area contributed by atoms with E-state index in [1.807, 2.05) is 30.3 Å². The van der Waals surface area contributed by atoms with E-state index < -0.39 is 0 Å². The molecule has 0 aliphatic rings. The minimum absolute atomic E-state index is 0.173. The molecule has 2 aromatic rings. The summed E-state index contributed by atoms with van der Waals surface area (Å²) in [7, 11) is 0. The van der Waals surface area contributed by atoms with Gasteiger partial charge in [-0.3, -0.25) is 4.79 Å². The summed E-state index contributed by atoms with van der Waals surface area (Å²) in [5.41, 5.74) is 2.43. The molecule has 2 rings (SSSR count). The first-order valence-corrected chi connectivity index (χ1v) is 7.18. The van der Waals surface area contributed by atoms with Gasteiger partial charge in [0.25, 0.3) is 0 Å². The minimum atomic E-state index is -0.173. The summed E-state index contributed by atoms with van der Waals surface area (Å²) in [6, 6.07) is 16.9. The third kappa shape index (κ3) is 4.59. The van der Waals surface area contributed by atoms with E-state index in [2.05, 4.69) is 27.3 Å². The third-order valence-corrected chi connectivity index (χ3v) is 3.56. The number of hydrogen-bond donors (Lipinski definition) is 1. The first kappa shape index (κ1) is 15.0. The number of nitrogens with zero attached hydrogens (tertiary/aromatic N) is 1. The Hall–Kier alpha value is -2.38. The highest BCUT2D eigenvalue weighted by Gasteiger charge is 1.99. The predicted molar refractivity (Wildman–Crippen MR) is 86.2 cm³/mol. The molecule has 4 heteroatoms. The van der Waals surface area contributed by atoms with Crippen molar-refractivity contribution in [3.63, 3.8) is 0 Å². The van der Waals surface area contributed by atoms with E-state index in [1.165, 1.54) is 6.08 Å². The quantitative estimate of drug-likeness (QED) is 0.863. The van der Waals surface area contributed by atoms with Gasteiger partial charge in [-0.05, 0) is 35.4 Å². The molecule has 0 bridgehead atoms. The molecule has 1 amide bonds. The Balaban J connectivity index is 1.93. The van der Waals surface area contributed by atoms with Crippen molar-refractivity contribution in [2.45, 2.75) is 6.54 Å². The van der Waals surface area contributed by atoms with Gasteiger partial charge >= 0.3 is 0 Å². The van der Waals surface area contributed by atoms with Crippen LogP contribution in [0.4, 0.5) is 0 Å². The molecule has 1 N–H and O–H groups in total. The van der Waals surface area contributed by atoms with Crippen LogP contribution in [0.1, 0.15) is 16.7 Å². The standard InChI is InChI=1S/C17H13BrN2O/c18-16-7-2-1-6-15(16)8-9-17(21)20-12-14-5-3-4-13(10-14)11-19/h1-10H,12H2,(H,20,21)/b9-8+. The Morgan fingerprint density at radius 2 is 2.05 bits per heavy atom. The van der Waals surface area contributed by atoms with Crippen LogP contribution in [0.2, 0.25) is 0 Å². The summed E-state index contributed by atoms with van der Waals surface area (Å²) in [6.07, 6.45) is 3.25. The van der Waals surface area contributed by atoms with Crippen molar-refractivity contribution in [3.8, 4) is 6.07 Å². The largest absolute Gasteiger partial charge is 0.348 e. The minimum Gasteiger partial charge on any atom is -0.348 e. The number of rotatable bonds is 4. The van der Waals surface area contributed by atoms with Gasteiger partial charge in [0.2, 0.25) is 5.91 Å². The molecule has 0 spiro atoms. The summed E-state index contributed by atoms with van der Waals surface area (Å²) in [5.74, 6) is -0.173. The molecule has 0 fully saturated rings. The second-order valence-electron chi connectivity index (χ2n) is 4.38. The third-order valence-electron chi connectivity index (χ3n) is 2.84. The molecule has 0 aliphatic carbocycles. The van der Waals surface area contributed by atoms with Crippen molar-refractivity contribution in [3.05, 3.63) is 75.8 Å². The summed E-state index contributed by atoms with van der Waals surface area (Å²) in [5, 5.41) is 11.6. The molecular weight excluding hydrogens is 328 g/mol. The van der Waals surface area contributed by atoms with E-state index >= 15 is 0 Å². The topological polar surface area (TPSA) is 52.9 Å². The van der Waals surface area contributed by atoms with Gasteiger partial charge in [0.1, 0.15) is 0 Å². The maximum Gasteiger partial charge on any atom is 0.244 e. The zero-order valence-corrected chi connectivity index (χ0v) is 12.8. The fourth-order valence-corrected chi connectivity index (χ4v) is 2.19. The average Bonchev–Trinajstić information content (AvgIpc) is 2.52. The molecule has 0 aromatic heterocycles. The molecule has 2 aromatic carbocycles. The second kappa shape index (κ2) is 7.41. The fourth-order valence-electron chi connectivity index (χ4n) is 1.77. The first-order valence-electron chi connectivity index (χ1n) is 6.38. The number of nitrogens with one attached hydrogen (secondary N) is 1. The summed E-state index contributed by atoms with van der Waals surface area (Å²) in [4.78, 5) is 11.8. The monoisotopic (exact) mass is 340 g/mol. The number of carbonyl (C=O) groups is 1. The van der Waals surface area contributed by atoms with Gasteiger partial charge < -0.3 is 5.32 Å². The Bertz CT molecular complexity index is 717. The van der Waals surface area contributed by atoms with Crippen LogP contribution in [0.25, 0.3) is 6.08 Å². The smallest absolute Gasteiger partial charge is 0.244 e. The van der Waals surface area contributed by atoms with E-state index in [1.54, 1.807) is 24.3 Å². The normalized spacial score (nSPS) is 10.3. The molecule has 0 atom stereocenters. The van der Waals surface area contributed by atoms with Crippen molar-refractivity contribution in [2.24, 2.45) is 0 Å². The summed E-state index contributed by atoms with van der Waals surface area (Å²) in [6.45, 7) is 0.397. The molecular formula is C17H13BrN2O. The summed E-state index contributed by atoms with van der Waals surface area (Å²) >= 11 is 3.42. The number of carbonyl (C=O) groups excluding carboxylic acids is 1. The van der Waals surface area contributed by atoms with Crippen LogP contribution < -0.4 is 5.32 Å². The highest BCUT2D eigenvalue weighted by atomic mass is 79.9. The lowest BCUT2D eigenvalue weighted by Gasteiger charge is -2.03. The van der Waals surface area contributed by atoms with Crippen molar-refractivity contribution >= 4 is 27.9 Å². The number of benzene rings is 2. The van der Waals surface area contributed by atoms with E-state index in [9.17, 15) is 4.79 Å². The number of hydrogen-bond acceptors (Lipinski definition) is 2. The van der Waals surface area contributed by atoms with Gasteiger partial charge in [0.15, 0.2) is 0 Å². The Morgan fingerprint density at radius 3 is 2.81 bits per heavy atom. The lowest BCUT2D eigenvalue weighted by Crippen LogP contribution is -2.20. The van der Waals surface area contributed by atoms with Crippen molar-refractivity contribution in [1.82, 2.24) is 5.32 Å². The van der Waals surface area contributed by atoms with Crippen LogP contribution in [0, 0.1) is 11.3 Å². The van der Waals surface area contributed by atoms with E-state index in [-0.39, 0.29) is 5.91 Å². The van der Waals surface area contributed by atoms with Gasteiger partial charge in [0.05, 0.1) is 11.6 Å². The Kier molecular flexibility index (Phi) is 5.30. The number of nitriles is 1. The lowest BCUT2D eigenvalue weighted by molar-refractivity contribution is -0.116. The number of amides is 1. The van der Waals surface area contributed by atoms with Gasteiger partial charge in [-0.1, -0.05) is 46.3 Å². The average molecular weight is 341 g/mol. The molecule has 0 aliphatic heterocycles. The van der Waals surface area contributed by atoms with Crippen molar-refractivity contribution < 1.29 is 4.79 Å². The van der Waals surface area contributed by atoms with Gasteiger partial charge in [0, 0.05) is 17.1 Å². The van der Waals surface area contributed by atoms with Crippen LogP contribution in [0.15, 0.2) is 59.1 Å².